The summed E-state index contributed by atoms with van der Waals surface area (Å²) in [6.07, 6.45) is -4.21. The zero-order valence-electron chi connectivity index (χ0n) is 8.98. The van der Waals surface area contributed by atoms with E-state index >= 15 is 0 Å². The summed E-state index contributed by atoms with van der Waals surface area (Å²) in [5, 5.41) is 6.89. The molecule has 0 radical (unpaired) electrons. The van der Waals surface area contributed by atoms with Crippen LogP contribution in [0.2, 0.25) is 5.02 Å². The predicted molar refractivity (Wildman–Crippen MR) is 61.3 cm³/mol. The normalized spacial score (nSPS) is 11.4. The zero-order chi connectivity index (χ0) is 13.2. The monoisotopic (exact) mass is 265 g/mol. The maximum absolute atomic E-state index is 12.7. The third-order valence-electron chi connectivity index (χ3n) is 2.15. The van der Waals surface area contributed by atoms with E-state index in [0.29, 0.717) is 12.0 Å². The SMILES string of the molecule is CCc1ccc(Cl)c(N(C(=N)N)C(F)(F)F)c1. The van der Waals surface area contributed by atoms with Gasteiger partial charge in [0, 0.05) is 0 Å². The molecule has 17 heavy (non-hydrogen) atoms. The molecule has 0 aromatic heterocycles. The number of rotatable bonds is 2. The molecule has 0 fully saturated rings. The highest BCUT2D eigenvalue weighted by molar-refractivity contribution is 6.33. The molecule has 0 aliphatic carbocycles. The summed E-state index contributed by atoms with van der Waals surface area (Å²) in [5.74, 6) is -1.12. The highest BCUT2D eigenvalue weighted by Gasteiger charge is 2.40. The minimum absolute atomic E-state index is 0.102. The highest BCUT2D eigenvalue weighted by atomic mass is 35.5. The fourth-order valence-corrected chi connectivity index (χ4v) is 1.55. The van der Waals surface area contributed by atoms with Gasteiger partial charge < -0.3 is 5.73 Å². The predicted octanol–water partition coefficient (Wildman–Crippen LogP) is 3.12. The smallest absolute Gasteiger partial charge is 0.369 e. The van der Waals surface area contributed by atoms with E-state index in [1.54, 1.807) is 13.0 Å². The molecule has 0 aliphatic rings. The first-order valence-electron chi connectivity index (χ1n) is 4.76. The fraction of sp³-hybridized carbons (Fsp3) is 0.300. The lowest BCUT2D eigenvalue weighted by Crippen LogP contribution is -2.46. The van der Waals surface area contributed by atoms with Crippen molar-refractivity contribution in [3.63, 3.8) is 0 Å². The third kappa shape index (κ3) is 3.03. The molecule has 0 aliphatic heterocycles. The Morgan fingerprint density at radius 3 is 2.47 bits per heavy atom. The minimum Gasteiger partial charge on any atom is -0.369 e. The Labute approximate surface area is 101 Å². The lowest BCUT2D eigenvalue weighted by molar-refractivity contribution is -0.118. The van der Waals surface area contributed by atoms with Crippen molar-refractivity contribution in [1.82, 2.24) is 0 Å². The summed E-state index contributed by atoms with van der Waals surface area (Å²) in [7, 11) is 0. The van der Waals surface area contributed by atoms with Gasteiger partial charge in [0.25, 0.3) is 0 Å². The number of nitrogens with zero attached hydrogens (tertiary/aromatic N) is 1. The van der Waals surface area contributed by atoms with Crippen LogP contribution in [0, 0.1) is 5.41 Å². The second-order valence-electron chi connectivity index (χ2n) is 3.33. The van der Waals surface area contributed by atoms with Crippen LogP contribution in [0.4, 0.5) is 18.9 Å². The molecule has 3 N–H and O–H groups in total. The Hall–Kier alpha value is -1.43. The first kappa shape index (κ1) is 13.6. The number of guanidine groups is 1. The molecular formula is C10H11ClF3N3. The molecule has 0 atom stereocenters. The standard InChI is InChI=1S/C10H11ClF3N3/c1-2-6-3-4-7(11)8(5-6)17(9(15)16)10(12,13)14/h3-5H,2H2,1H3,(H3,15,16). The number of halogens is 4. The van der Waals surface area contributed by atoms with Gasteiger partial charge in [-0.05, 0) is 24.1 Å². The van der Waals surface area contributed by atoms with Gasteiger partial charge in [0.1, 0.15) is 0 Å². The van der Waals surface area contributed by atoms with Gasteiger partial charge in [0.2, 0.25) is 0 Å². The molecule has 1 rings (SSSR count). The quantitative estimate of drug-likeness (QED) is 0.490. The lowest BCUT2D eigenvalue weighted by Gasteiger charge is -2.26. The largest absolute Gasteiger partial charge is 0.491 e. The van der Waals surface area contributed by atoms with Crippen LogP contribution in [-0.4, -0.2) is 12.3 Å². The van der Waals surface area contributed by atoms with E-state index in [-0.39, 0.29) is 15.6 Å². The van der Waals surface area contributed by atoms with Gasteiger partial charge in [0.05, 0.1) is 10.7 Å². The number of nitrogens with two attached hydrogens (primary N) is 1. The van der Waals surface area contributed by atoms with Crippen molar-refractivity contribution in [2.45, 2.75) is 19.6 Å². The van der Waals surface area contributed by atoms with E-state index in [9.17, 15) is 13.2 Å². The molecule has 0 saturated heterocycles. The van der Waals surface area contributed by atoms with Crippen molar-refractivity contribution >= 4 is 23.2 Å². The van der Waals surface area contributed by atoms with Crippen LogP contribution in [-0.2, 0) is 6.42 Å². The van der Waals surface area contributed by atoms with E-state index in [4.69, 9.17) is 22.7 Å². The van der Waals surface area contributed by atoms with Crippen LogP contribution >= 0.6 is 11.6 Å². The molecule has 94 valence electrons. The van der Waals surface area contributed by atoms with Crippen LogP contribution in [0.5, 0.6) is 0 Å². The number of nitrogens with one attached hydrogen (secondary N) is 1. The van der Waals surface area contributed by atoms with Gasteiger partial charge in [-0.15, -0.1) is 13.2 Å². The Bertz CT molecular complexity index is 431. The van der Waals surface area contributed by atoms with Crippen LogP contribution in [0.1, 0.15) is 12.5 Å². The minimum atomic E-state index is -4.78. The Balaban J connectivity index is 3.32. The van der Waals surface area contributed by atoms with Gasteiger partial charge in [-0.3, -0.25) is 5.41 Å². The molecule has 7 heteroatoms. The lowest BCUT2D eigenvalue weighted by atomic mass is 10.1. The van der Waals surface area contributed by atoms with Crippen molar-refractivity contribution in [3.8, 4) is 0 Å². The molecule has 0 spiro atoms. The van der Waals surface area contributed by atoms with E-state index in [0.717, 1.165) is 0 Å². The second-order valence-corrected chi connectivity index (χ2v) is 3.74. The molecular weight excluding hydrogens is 255 g/mol. The maximum atomic E-state index is 12.7. The second kappa shape index (κ2) is 4.83. The molecule has 0 amide bonds. The molecule has 1 aromatic rings. The number of hydrogen-bond donors (Lipinski definition) is 2. The molecule has 0 heterocycles. The highest BCUT2D eigenvalue weighted by Crippen LogP contribution is 2.34. The van der Waals surface area contributed by atoms with Crippen molar-refractivity contribution in [2.75, 3.05) is 4.90 Å². The van der Waals surface area contributed by atoms with Crippen LogP contribution < -0.4 is 10.6 Å². The molecule has 0 bridgehead atoms. The third-order valence-corrected chi connectivity index (χ3v) is 2.47. The number of anilines is 1. The van der Waals surface area contributed by atoms with Gasteiger partial charge in [-0.2, -0.15) is 0 Å². The number of benzene rings is 1. The van der Waals surface area contributed by atoms with Gasteiger partial charge in [0.15, 0.2) is 5.96 Å². The van der Waals surface area contributed by atoms with E-state index < -0.39 is 12.3 Å². The maximum Gasteiger partial charge on any atom is 0.491 e. The van der Waals surface area contributed by atoms with Gasteiger partial charge in [-0.1, -0.05) is 24.6 Å². The van der Waals surface area contributed by atoms with Gasteiger partial charge >= 0.3 is 6.30 Å². The van der Waals surface area contributed by atoms with Crippen molar-refractivity contribution in [3.05, 3.63) is 28.8 Å². The topological polar surface area (TPSA) is 53.1 Å². The fourth-order valence-electron chi connectivity index (χ4n) is 1.35. The summed E-state index contributed by atoms with van der Waals surface area (Å²) in [6, 6.07) is 4.26. The first-order valence-corrected chi connectivity index (χ1v) is 5.14. The summed E-state index contributed by atoms with van der Waals surface area (Å²) >= 11 is 5.70. The van der Waals surface area contributed by atoms with Crippen LogP contribution in [0.3, 0.4) is 0 Å². The number of alkyl halides is 3. The van der Waals surface area contributed by atoms with E-state index in [2.05, 4.69) is 0 Å². The molecule has 3 nitrogen and oxygen atoms in total. The van der Waals surface area contributed by atoms with Crippen LogP contribution in [0.25, 0.3) is 0 Å². The summed E-state index contributed by atoms with van der Waals surface area (Å²) in [6.45, 7) is 1.80. The van der Waals surface area contributed by atoms with Crippen LogP contribution in [0.15, 0.2) is 18.2 Å². The molecule has 1 aromatic carbocycles. The average molecular weight is 266 g/mol. The van der Waals surface area contributed by atoms with Crippen molar-refractivity contribution in [2.24, 2.45) is 5.73 Å². The zero-order valence-corrected chi connectivity index (χ0v) is 9.73. The summed E-state index contributed by atoms with van der Waals surface area (Å²) < 4.78 is 38.2. The number of aryl methyl sites for hydroxylation is 1. The average Bonchev–Trinajstić information content (AvgIpc) is 2.18. The number of hydrogen-bond acceptors (Lipinski definition) is 1. The Kier molecular flexibility index (Phi) is 3.87. The Morgan fingerprint density at radius 1 is 1.47 bits per heavy atom. The molecule has 0 saturated carbocycles. The first-order chi connectivity index (χ1) is 7.77. The van der Waals surface area contributed by atoms with Gasteiger partial charge in [-0.25, -0.2) is 4.90 Å². The van der Waals surface area contributed by atoms with Crippen molar-refractivity contribution in [1.29, 1.82) is 5.41 Å². The van der Waals surface area contributed by atoms with E-state index in [1.165, 1.54) is 12.1 Å². The Morgan fingerprint density at radius 2 is 2.06 bits per heavy atom. The van der Waals surface area contributed by atoms with E-state index in [1.807, 2.05) is 0 Å². The summed E-state index contributed by atoms with van der Waals surface area (Å²) in [5.41, 5.74) is 5.30. The van der Waals surface area contributed by atoms with Crippen molar-refractivity contribution < 1.29 is 13.2 Å². The summed E-state index contributed by atoms with van der Waals surface area (Å²) in [4.78, 5) is -0.255. The molecule has 0 unspecified atom stereocenters.